The quantitative estimate of drug-likeness (QED) is 0.617. The Kier molecular flexibility index (Phi) is 4.85. The zero-order chi connectivity index (χ0) is 21.6. The van der Waals surface area contributed by atoms with E-state index in [1.165, 1.54) is 11.5 Å². The van der Waals surface area contributed by atoms with Gasteiger partial charge in [0.15, 0.2) is 11.9 Å². The fourth-order valence-corrected chi connectivity index (χ4v) is 3.74. The molecule has 3 heterocycles. The van der Waals surface area contributed by atoms with Crippen molar-refractivity contribution in [1.82, 2.24) is 14.9 Å². The standard InChI is InChI=1S/C22H24N4O4/c1-11(2)19-21(28)25-17-8-13(9-24-12(3)27)7-15(20(17)30-19)16-10-26(4)22(29)18-14(16)5-6-23-18/h5-8,10-11,19,23H,9H2,1-4H3,(H,24,27)(H,25,28). The topological polar surface area (TPSA) is 105 Å². The third-order valence-electron chi connectivity index (χ3n) is 5.24. The number of carbonyl (C=O) groups excluding carboxylic acids is 2. The molecule has 3 N–H and O–H groups in total. The van der Waals surface area contributed by atoms with Crippen molar-refractivity contribution in [3.8, 4) is 16.9 Å². The van der Waals surface area contributed by atoms with Crippen molar-refractivity contribution >= 4 is 28.4 Å². The molecule has 0 saturated heterocycles. The number of rotatable bonds is 4. The Morgan fingerprint density at radius 2 is 2.03 bits per heavy atom. The number of pyridine rings is 1. The summed E-state index contributed by atoms with van der Waals surface area (Å²) in [6, 6.07) is 5.58. The van der Waals surface area contributed by atoms with Crippen LogP contribution in [0.3, 0.4) is 0 Å². The Morgan fingerprint density at radius 3 is 2.73 bits per heavy atom. The third kappa shape index (κ3) is 3.34. The maximum atomic E-state index is 12.5. The van der Waals surface area contributed by atoms with Crippen LogP contribution in [0.25, 0.3) is 22.0 Å². The van der Waals surface area contributed by atoms with Gasteiger partial charge >= 0.3 is 0 Å². The molecule has 3 aromatic rings. The second-order valence-corrected chi connectivity index (χ2v) is 7.93. The molecular weight excluding hydrogens is 384 g/mol. The molecule has 0 bridgehead atoms. The summed E-state index contributed by atoms with van der Waals surface area (Å²) in [6.07, 6.45) is 2.87. The molecule has 1 unspecified atom stereocenters. The summed E-state index contributed by atoms with van der Waals surface area (Å²) in [4.78, 5) is 39.4. The molecule has 1 aromatic carbocycles. The van der Waals surface area contributed by atoms with Gasteiger partial charge in [-0.15, -0.1) is 0 Å². The number of amides is 2. The van der Waals surface area contributed by atoms with E-state index in [4.69, 9.17) is 4.74 Å². The number of anilines is 1. The van der Waals surface area contributed by atoms with Crippen molar-refractivity contribution < 1.29 is 14.3 Å². The molecule has 1 aliphatic rings. The number of H-pyrrole nitrogens is 1. The van der Waals surface area contributed by atoms with Crippen LogP contribution in [0.15, 0.2) is 35.4 Å². The first kappa shape index (κ1) is 19.8. The van der Waals surface area contributed by atoms with Crippen LogP contribution in [0.2, 0.25) is 0 Å². The first-order chi connectivity index (χ1) is 14.3. The molecule has 0 fully saturated rings. The Bertz CT molecular complexity index is 1220. The van der Waals surface area contributed by atoms with Gasteiger partial charge in [0.2, 0.25) is 5.91 Å². The van der Waals surface area contributed by atoms with Crippen LogP contribution in [0, 0.1) is 5.92 Å². The van der Waals surface area contributed by atoms with Gasteiger partial charge in [-0.25, -0.2) is 0 Å². The van der Waals surface area contributed by atoms with Crippen molar-refractivity contribution in [3.05, 3.63) is 46.5 Å². The average molecular weight is 408 g/mol. The molecule has 8 heteroatoms. The molecule has 1 atom stereocenters. The van der Waals surface area contributed by atoms with Gasteiger partial charge in [-0.05, 0) is 29.7 Å². The van der Waals surface area contributed by atoms with Gasteiger partial charge in [0.25, 0.3) is 11.5 Å². The predicted molar refractivity (Wildman–Crippen MR) is 114 cm³/mol. The molecule has 2 amide bonds. The third-order valence-corrected chi connectivity index (χ3v) is 5.24. The van der Waals surface area contributed by atoms with E-state index in [2.05, 4.69) is 15.6 Å². The van der Waals surface area contributed by atoms with Gasteiger partial charge < -0.3 is 24.9 Å². The number of aromatic amines is 1. The van der Waals surface area contributed by atoms with E-state index >= 15 is 0 Å². The molecule has 156 valence electrons. The summed E-state index contributed by atoms with van der Waals surface area (Å²) in [7, 11) is 1.69. The molecule has 0 saturated carbocycles. The van der Waals surface area contributed by atoms with E-state index in [-0.39, 0.29) is 23.3 Å². The summed E-state index contributed by atoms with van der Waals surface area (Å²) in [5, 5.41) is 6.49. The van der Waals surface area contributed by atoms with E-state index in [9.17, 15) is 14.4 Å². The first-order valence-electron chi connectivity index (χ1n) is 9.82. The fourth-order valence-electron chi connectivity index (χ4n) is 3.74. The highest BCUT2D eigenvalue weighted by atomic mass is 16.5. The smallest absolute Gasteiger partial charge is 0.274 e. The maximum Gasteiger partial charge on any atom is 0.274 e. The van der Waals surface area contributed by atoms with Crippen molar-refractivity contribution in [3.63, 3.8) is 0 Å². The zero-order valence-electron chi connectivity index (χ0n) is 17.3. The number of nitrogens with zero attached hydrogens (tertiary/aromatic N) is 1. The van der Waals surface area contributed by atoms with Gasteiger partial charge in [0.1, 0.15) is 5.52 Å². The number of aryl methyl sites for hydroxylation is 1. The summed E-state index contributed by atoms with van der Waals surface area (Å²) in [5.74, 6) is 0.190. The number of aromatic nitrogens is 2. The Morgan fingerprint density at radius 1 is 1.27 bits per heavy atom. The molecule has 8 nitrogen and oxygen atoms in total. The van der Waals surface area contributed by atoms with E-state index in [0.29, 0.717) is 23.5 Å². The minimum atomic E-state index is -0.619. The fraction of sp³-hybridized carbons (Fsp3) is 0.318. The van der Waals surface area contributed by atoms with Crippen LogP contribution in [-0.2, 0) is 23.2 Å². The van der Waals surface area contributed by atoms with Crippen molar-refractivity contribution in [2.24, 2.45) is 13.0 Å². The highest BCUT2D eigenvalue weighted by Crippen LogP contribution is 2.43. The van der Waals surface area contributed by atoms with Crippen LogP contribution in [0.4, 0.5) is 5.69 Å². The number of carbonyl (C=O) groups is 2. The lowest BCUT2D eigenvalue weighted by atomic mass is 9.96. The van der Waals surface area contributed by atoms with Gasteiger partial charge in [-0.2, -0.15) is 0 Å². The Hall–Kier alpha value is -3.55. The minimum absolute atomic E-state index is 0.0162. The van der Waals surface area contributed by atoms with Crippen molar-refractivity contribution in [1.29, 1.82) is 0 Å². The van der Waals surface area contributed by atoms with E-state index in [0.717, 1.165) is 22.1 Å². The summed E-state index contributed by atoms with van der Waals surface area (Å²) < 4.78 is 7.69. The summed E-state index contributed by atoms with van der Waals surface area (Å²) >= 11 is 0. The van der Waals surface area contributed by atoms with E-state index in [1.54, 1.807) is 25.5 Å². The molecular formula is C22H24N4O4. The first-order valence-corrected chi connectivity index (χ1v) is 9.82. The highest BCUT2D eigenvalue weighted by molar-refractivity contribution is 6.03. The predicted octanol–water partition coefficient (Wildman–Crippen LogP) is 2.53. The van der Waals surface area contributed by atoms with E-state index < -0.39 is 6.10 Å². The molecule has 2 aromatic heterocycles. The minimum Gasteiger partial charge on any atom is -0.477 e. The lowest BCUT2D eigenvalue weighted by molar-refractivity contribution is -0.125. The number of nitrogens with one attached hydrogen (secondary N) is 3. The highest BCUT2D eigenvalue weighted by Gasteiger charge is 2.32. The second-order valence-electron chi connectivity index (χ2n) is 7.93. The van der Waals surface area contributed by atoms with Gasteiger partial charge in [-0.3, -0.25) is 14.4 Å². The lowest BCUT2D eigenvalue weighted by Gasteiger charge is -2.30. The number of hydrogen-bond donors (Lipinski definition) is 3. The number of fused-ring (bicyclic) bond motifs is 2. The summed E-state index contributed by atoms with van der Waals surface area (Å²) in [5.41, 5.74) is 3.27. The van der Waals surface area contributed by atoms with Crippen LogP contribution >= 0.6 is 0 Å². The van der Waals surface area contributed by atoms with Crippen LogP contribution in [-0.4, -0.2) is 27.5 Å². The molecule has 30 heavy (non-hydrogen) atoms. The molecule has 0 spiro atoms. The number of hydrogen-bond acceptors (Lipinski definition) is 4. The molecule has 0 aliphatic carbocycles. The lowest BCUT2D eigenvalue weighted by Crippen LogP contribution is -2.40. The monoisotopic (exact) mass is 408 g/mol. The molecule has 0 radical (unpaired) electrons. The SMILES string of the molecule is CC(=O)NCc1cc2c(c(-c3cn(C)c(=O)c4[nH]ccc34)c1)OC(C(C)C)C(=O)N2. The van der Waals surface area contributed by atoms with Crippen molar-refractivity contribution in [2.75, 3.05) is 5.32 Å². The van der Waals surface area contributed by atoms with Crippen LogP contribution in [0.5, 0.6) is 5.75 Å². The van der Waals surface area contributed by atoms with Crippen LogP contribution < -0.4 is 20.9 Å². The molecule has 1 aliphatic heterocycles. The van der Waals surface area contributed by atoms with Gasteiger partial charge in [0, 0.05) is 49.4 Å². The largest absolute Gasteiger partial charge is 0.477 e. The second kappa shape index (κ2) is 7.37. The summed E-state index contributed by atoms with van der Waals surface area (Å²) in [6.45, 7) is 5.61. The Balaban J connectivity index is 1.96. The van der Waals surface area contributed by atoms with Crippen molar-refractivity contribution in [2.45, 2.75) is 33.4 Å². The zero-order valence-corrected chi connectivity index (χ0v) is 17.3. The van der Waals surface area contributed by atoms with E-state index in [1.807, 2.05) is 26.0 Å². The number of ether oxygens (including phenoxy) is 1. The average Bonchev–Trinajstić information content (AvgIpc) is 3.18. The molecule has 4 rings (SSSR count). The van der Waals surface area contributed by atoms with Gasteiger partial charge in [-0.1, -0.05) is 13.8 Å². The number of benzene rings is 1. The van der Waals surface area contributed by atoms with Crippen LogP contribution in [0.1, 0.15) is 26.3 Å². The Labute approximate surface area is 173 Å². The maximum absolute atomic E-state index is 12.5. The normalized spacial score (nSPS) is 15.6. The van der Waals surface area contributed by atoms with Gasteiger partial charge in [0.05, 0.1) is 5.69 Å².